The molecule has 1 saturated carbocycles. The third-order valence-electron chi connectivity index (χ3n) is 4.15. The maximum absolute atomic E-state index is 12.7. The molecule has 2 fully saturated rings. The zero-order valence-corrected chi connectivity index (χ0v) is 11.9. The third kappa shape index (κ3) is 2.04. The molecule has 6 nitrogen and oxygen atoms in total. The number of aromatic nitrogens is 2. The van der Waals surface area contributed by atoms with E-state index in [4.69, 9.17) is 5.73 Å². The second-order valence-electron chi connectivity index (χ2n) is 5.55. The van der Waals surface area contributed by atoms with Crippen LogP contribution in [0.4, 0.5) is 5.82 Å². The fourth-order valence-corrected chi connectivity index (χ4v) is 5.06. The van der Waals surface area contributed by atoms with E-state index in [1.54, 1.807) is 15.2 Å². The van der Waals surface area contributed by atoms with Gasteiger partial charge in [-0.25, -0.2) is 8.42 Å². The van der Waals surface area contributed by atoms with Gasteiger partial charge in [0.15, 0.2) is 5.82 Å². The number of fused-ring (bicyclic) bond motifs is 2. The van der Waals surface area contributed by atoms with Crippen molar-refractivity contribution in [3.05, 3.63) is 6.20 Å². The van der Waals surface area contributed by atoms with Crippen LogP contribution in [0.2, 0.25) is 0 Å². The van der Waals surface area contributed by atoms with Gasteiger partial charge in [-0.05, 0) is 31.6 Å². The molecule has 1 aliphatic heterocycles. The molecular formula is C12H20N4O2S. The molecule has 2 N–H and O–H groups in total. The third-order valence-corrected chi connectivity index (χ3v) is 6.09. The summed E-state index contributed by atoms with van der Waals surface area (Å²) in [6.45, 7) is 3.35. The van der Waals surface area contributed by atoms with Crippen molar-refractivity contribution in [3.8, 4) is 0 Å². The number of piperidine rings is 1. The van der Waals surface area contributed by atoms with Crippen LogP contribution < -0.4 is 5.73 Å². The molecule has 1 aromatic rings. The topological polar surface area (TPSA) is 81.2 Å². The Balaban J connectivity index is 1.92. The lowest BCUT2D eigenvalue weighted by Gasteiger charge is -2.25. The van der Waals surface area contributed by atoms with Crippen LogP contribution in [0.25, 0.3) is 0 Å². The normalized spacial score (nSPS) is 27.2. The highest BCUT2D eigenvalue weighted by Gasteiger charge is 2.45. The molecule has 2 heterocycles. The maximum atomic E-state index is 12.7. The summed E-state index contributed by atoms with van der Waals surface area (Å²) in [5.41, 5.74) is 5.79. The van der Waals surface area contributed by atoms with E-state index in [-0.39, 0.29) is 16.8 Å². The standard InChI is InChI=1S/C12H20N4O2S/c1-2-5-15-8-11(12(13)14-15)19(17,18)16-7-9-3-4-10(16)6-9/h8-10H,2-7H2,1H3,(H2,13,14). The predicted molar refractivity (Wildman–Crippen MR) is 72.0 cm³/mol. The van der Waals surface area contributed by atoms with Crippen molar-refractivity contribution in [1.82, 2.24) is 14.1 Å². The first kappa shape index (κ1) is 12.9. The van der Waals surface area contributed by atoms with E-state index in [0.717, 1.165) is 25.7 Å². The smallest absolute Gasteiger partial charge is 0.248 e. The van der Waals surface area contributed by atoms with Gasteiger partial charge < -0.3 is 5.73 Å². The van der Waals surface area contributed by atoms with Crippen LogP contribution in [-0.2, 0) is 16.6 Å². The Kier molecular flexibility index (Phi) is 3.05. The molecule has 1 aliphatic carbocycles. The minimum absolute atomic E-state index is 0.122. The Morgan fingerprint density at radius 2 is 2.26 bits per heavy atom. The molecule has 19 heavy (non-hydrogen) atoms. The molecule has 2 aliphatic rings. The molecule has 1 aromatic heterocycles. The number of nitrogens with zero attached hydrogens (tertiary/aromatic N) is 3. The summed E-state index contributed by atoms with van der Waals surface area (Å²) in [6, 6.07) is 0.170. The molecule has 0 aromatic carbocycles. The van der Waals surface area contributed by atoms with Crippen LogP contribution in [0.15, 0.2) is 11.1 Å². The molecule has 3 rings (SSSR count). The summed E-state index contributed by atoms with van der Waals surface area (Å²) >= 11 is 0. The second-order valence-corrected chi connectivity index (χ2v) is 7.41. The van der Waals surface area contributed by atoms with Gasteiger partial charge in [0.1, 0.15) is 4.90 Å². The summed E-state index contributed by atoms with van der Waals surface area (Å²) in [7, 11) is -3.47. The number of hydrogen-bond acceptors (Lipinski definition) is 4. The number of nitrogens with two attached hydrogens (primary N) is 1. The lowest BCUT2D eigenvalue weighted by Crippen LogP contribution is -2.37. The molecule has 2 atom stereocenters. The quantitative estimate of drug-likeness (QED) is 0.896. The lowest BCUT2D eigenvalue weighted by molar-refractivity contribution is 0.333. The molecule has 0 radical (unpaired) electrons. The van der Waals surface area contributed by atoms with Crippen molar-refractivity contribution < 1.29 is 8.42 Å². The average Bonchev–Trinajstić information content (AvgIpc) is 3.04. The summed E-state index contributed by atoms with van der Waals surface area (Å²) in [5.74, 6) is 0.655. The molecular weight excluding hydrogens is 264 g/mol. The van der Waals surface area contributed by atoms with Crippen LogP contribution in [0.3, 0.4) is 0 Å². The number of nitrogen functional groups attached to an aromatic ring is 1. The van der Waals surface area contributed by atoms with E-state index < -0.39 is 10.0 Å². The van der Waals surface area contributed by atoms with Gasteiger partial charge in [0, 0.05) is 25.3 Å². The molecule has 2 unspecified atom stereocenters. The first-order valence-corrected chi connectivity index (χ1v) is 8.31. The zero-order valence-electron chi connectivity index (χ0n) is 11.1. The van der Waals surface area contributed by atoms with Crippen molar-refractivity contribution >= 4 is 15.8 Å². The highest BCUT2D eigenvalue weighted by atomic mass is 32.2. The zero-order chi connectivity index (χ0) is 13.6. The number of anilines is 1. The second kappa shape index (κ2) is 4.49. The van der Waals surface area contributed by atoms with E-state index >= 15 is 0 Å². The van der Waals surface area contributed by atoms with Gasteiger partial charge in [-0.15, -0.1) is 0 Å². The van der Waals surface area contributed by atoms with Gasteiger partial charge in [0.05, 0.1) is 0 Å². The number of rotatable bonds is 4. The van der Waals surface area contributed by atoms with Crippen LogP contribution >= 0.6 is 0 Å². The Morgan fingerprint density at radius 3 is 2.84 bits per heavy atom. The van der Waals surface area contributed by atoms with Gasteiger partial charge in [0.25, 0.3) is 0 Å². The Morgan fingerprint density at radius 1 is 1.47 bits per heavy atom. The first-order valence-electron chi connectivity index (χ1n) is 6.87. The van der Waals surface area contributed by atoms with Crippen molar-refractivity contribution in [3.63, 3.8) is 0 Å². The number of aryl methyl sites for hydroxylation is 1. The maximum Gasteiger partial charge on any atom is 0.248 e. The van der Waals surface area contributed by atoms with Crippen LogP contribution in [0.1, 0.15) is 32.6 Å². The lowest BCUT2D eigenvalue weighted by atomic mass is 10.1. The molecule has 7 heteroatoms. The SMILES string of the molecule is CCCn1cc(S(=O)(=O)N2CC3CCC2C3)c(N)n1. The van der Waals surface area contributed by atoms with Gasteiger partial charge in [-0.1, -0.05) is 6.92 Å². The summed E-state index contributed by atoms with van der Waals surface area (Å²) in [5, 5.41) is 4.09. The minimum atomic E-state index is -3.47. The molecule has 1 saturated heterocycles. The summed E-state index contributed by atoms with van der Waals surface area (Å²) in [4.78, 5) is 0.175. The predicted octanol–water partition coefficient (Wildman–Crippen LogP) is 1.05. The molecule has 0 spiro atoms. The van der Waals surface area contributed by atoms with E-state index in [2.05, 4.69) is 5.10 Å². The monoisotopic (exact) mass is 284 g/mol. The van der Waals surface area contributed by atoms with E-state index in [1.807, 2.05) is 6.92 Å². The molecule has 2 bridgehead atoms. The van der Waals surface area contributed by atoms with E-state index in [0.29, 0.717) is 19.0 Å². The summed E-state index contributed by atoms with van der Waals surface area (Å²) in [6.07, 6.45) is 5.60. The molecule has 106 valence electrons. The van der Waals surface area contributed by atoms with Gasteiger partial charge in [-0.2, -0.15) is 9.40 Å². The van der Waals surface area contributed by atoms with Crippen LogP contribution in [0, 0.1) is 5.92 Å². The number of hydrogen-bond donors (Lipinski definition) is 1. The van der Waals surface area contributed by atoms with Gasteiger partial charge in [-0.3, -0.25) is 4.68 Å². The Hall–Kier alpha value is -1.08. The van der Waals surface area contributed by atoms with Gasteiger partial charge in [0.2, 0.25) is 10.0 Å². The van der Waals surface area contributed by atoms with Crippen molar-refractivity contribution in [2.24, 2.45) is 5.92 Å². The molecule has 0 amide bonds. The van der Waals surface area contributed by atoms with Crippen molar-refractivity contribution in [2.75, 3.05) is 12.3 Å². The highest BCUT2D eigenvalue weighted by Crippen LogP contribution is 2.41. The summed E-state index contributed by atoms with van der Waals surface area (Å²) < 4.78 is 28.6. The van der Waals surface area contributed by atoms with Crippen molar-refractivity contribution in [2.45, 2.75) is 50.1 Å². The highest BCUT2D eigenvalue weighted by molar-refractivity contribution is 7.89. The van der Waals surface area contributed by atoms with E-state index in [1.165, 1.54) is 0 Å². The Bertz CT molecular complexity index is 581. The fraction of sp³-hybridized carbons (Fsp3) is 0.750. The van der Waals surface area contributed by atoms with Crippen molar-refractivity contribution in [1.29, 1.82) is 0 Å². The van der Waals surface area contributed by atoms with E-state index in [9.17, 15) is 8.42 Å². The minimum Gasteiger partial charge on any atom is -0.381 e. The number of sulfonamides is 1. The first-order chi connectivity index (χ1) is 9.02. The van der Waals surface area contributed by atoms with Crippen LogP contribution in [-0.4, -0.2) is 35.1 Å². The fourth-order valence-electron chi connectivity index (χ4n) is 3.26. The average molecular weight is 284 g/mol. The van der Waals surface area contributed by atoms with Crippen LogP contribution in [0.5, 0.6) is 0 Å². The largest absolute Gasteiger partial charge is 0.381 e. The Labute approximate surface area is 113 Å². The van der Waals surface area contributed by atoms with Gasteiger partial charge >= 0.3 is 0 Å².